The van der Waals surface area contributed by atoms with Gasteiger partial charge in [-0.2, -0.15) is 43.9 Å². The van der Waals surface area contributed by atoms with Gasteiger partial charge >= 0.3 is 30.1 Å². The number of hydrogen-bond donors (Lipinski definition) is 2. The van der Waals surface area contributed by atoms with Crippen molar-refractivity contribution in [2.45, 2.75) is 24.2 Å². The molecule has 5 nitrogen and oxygen atoms in total. The summed E-state index contributed by atoms with van der Waals surface area (Å²) in [6, 6.07) is 0.0182. The van der Waals surface area contributed by atoms with Crippen molar-refractivity contribution in [3.63, 3.8) is 0 Å². The van der Waals surface area contributed by atoms with Gasteiger partial charge in [0.1, 0.15) is 0 Å². The predicted molar refractivity (Wildman–Crippen MR) is 63.7 cm³/mol. The lowest BCUT2D eigenvalue weighted by Crippen LogP contribution is -2.57. The van der Waals surface area contributed by atoms with Crippen LogP contribution in [0, 0.1) is 5.21 Å². The van der Waals surface area contributed by atoms with Gasteiger partial charge in [-0.15, -0.1) is 0 Å². The van der Waals surface area contributed by atoms with Crippen LogP contribution in [0.15, 0.2) is 18.2 Å². The second-order valence-corrected chi connectivity index (χ2v) is 4.60. The number of hydrogen-bond acceptors (Lipinski definition) is 4. The van der Waals surface area contributed by atoms with E-state index in [0.717, 1.165) is 5.32 Å². The Morgan fingerprint density at radius 1 is 1.00 bits per heavy atom. The molecule has 0 saturated heterocycles. The van der Waals surface area contributed by atoms with Gasteiger partial charge in [0.05, 0.1) is 16.9 Å². The molecule has 2 N–H and O–H groups in total. The molecule has 1 rings (SSSR count). The number of amides is 1. The first-order valence-corrected chi connectivity index (χ1v) is 5.94. The van der Waals surface area contributed by atoms with E-state index in [2.05, 4.69) is 0 Å². The Kier molecular flexibility index (Phi) is 5.40. The average molecular weight is 403 g/mol. The zero-order valence-corrected chi connectivity index (χ0v) is 11.7. The van der Waals surface area contributed by atoms with Crippen LogP contribution < -0.4 is 10.5 Å². The van der Waals surface area contributed by atoms with Crippen LogP contribution in [0.1, 0.15) is 5.56 Å². The zero-order valence-electron chi connectivity index (χ0n) is 11.7. The molecule has 0 bridgehead atoms. The van der Waals surface area contributed by atoms with E-state index in [1.54, 1.807) is 0 Å². The van der Waals surface area contributed by atoms with Crippen LogP contribution in [0.4, 0.5) is 55.3 Å². The van der Waals surface area contributed by atoms with E-state index < -0.39 is 52.3 Å². The van der Waals surface area contributed by atoms with Crippen LogP contribution in [-0.4, -0.2) is 29.1 Å². The Balaban J connectivity index is 3.29. The van der Waals surface area contributed by atoms with Crippen LogP contribution in [0.2, 0.25) is 0 Å². The Bertz CT molecular complexity index is 684. The highest BCUT2D eigenvalue weighted by Crippen LogP contribution is 2.47. The number of halogens is 10. The second-order valence-electron chi connectivity index (χ2n) is 4.60. The lowest BCUT2D eigenvalue weighted by molar-refractivity contribution is -0.343. The summed E-state index contributed by atoms with van der Waals surface area (Å²) in [7, 11) is 0. The Morgan fingerprint density at radius 2 is 1.50 bits per heavy atom. The molecule has 0 aliphatic rings. The standard InChI is InChI=1S/C11H5F10N2O3/c12-8(13,10(17,18)11(19,20)21)7(24)22-5-2-1-4(9(14,15)16)3-6(5)23(25)26/h1-3,25H,(H,22,24)/q-1. The maximum Gasteiger partial charge on any atom is 0.460 e. The predicted octanol–water partition coefficient (Wildman–Crippen LogP) is 4.17. The van der Waals surface area contributed by atoms with Gasteiger partial charge in [0.25, 0.3) is 0 Å². The van der Waals surface area contributed by atoms with E-state index in [1.165, 1.54) is 0 Å². The highest BCUT2D eigenvalue weighted by Gasteiger charge is 2.76. The smallest absolute Gasteiger partial charge is 0.460 e. The third kappa shape index (κ3) is 3.92. The average Bonchev–Trinajstić information content (AvgIpc) is 2.44. The summed E-state index contributed by atoms with van der Waals surface area (Å²) in [6.45, 7) is 0. The van der Waals surface area contributed by atoms with Gasteiger partial charge in [0.15, 0.2) is 0 Å². The van der Waals surface area contributed by atoms with Crippen molar-refractivity contribution < 1.29 is 53.9 Å². The highest BCUT2D eigenvalue weighted by atomic mass is 19.4. The number of carbonyl (C=O) groups is 1. The van der Waals surface area contributed by atoms with Crippen molar-refractivity contribution in [3.8, 4) is 0 Å². The van der Waals surface area contributed by atoms with Crippen LogP contribution in [0.5, 0.6) is 0 Å². The van der Waals surface area contributed by atoms with Crippen molar-refractivity contribution in [2.24, 2.45) is 0 Å². The van der Waals surface area contributed by atoms with Gasteiger partial charge in [-0.3, -0.25) is 10.0 Å². The molecule has 0 aliphatic heterocycles. The maximum absolute atomic E-state index is 13.2. The molecule has 0 radical (unpaired) electrons. The van der Waals surface area contributed by atoms with Crippen LogP contribution >= 0.6 is 0 Å². The molecule has 26 heavy (non-hydrogen) atoms. The van der Waals surface area contributed by atoms with E-state index in [0.29, 0.717) is 0 Å². The number of anilines is 2. The lowest BCUT2D eigenvalue weighted by Gasteiger charge is -2.29. The summed E-state index contributed by atoms with van der Waals surface area (Å²) in [4.78, 5) is 11.1. The third-order valence-corrected chi connectivity index (χ3v) is 2.81. The molecular formula is C11H5F10N2O3-. The molecule has 0 saturated carbocycles. The third-order valence-electron chi connectivity index (χ3n) is 2.81. The molecule has 0 aliphatic carbocycles. The summed E-state index contributed by atoms with van der Waals surface area (Å²) in [5, 5.41) is 18.8. The first kappa shape index (κ1) is 21.8. The van der Waals surface area contributed by atoms with E-state index in [4.69, 9.17) is 5.21 Å². The van der Waals surface area contributed by atoms with Crippen LogP contribution in [0.3, 0.4) is 0 Å². The van der Waals surface area contributed by atoms with E-state index >= 15 is 0 Å². The minimum atomic E-state index is -6.83. The molecule has 0 fully saturated rings. The molecule has 148 valence electrons. The molecule has 1 aromatic carbocycles. The minimum absolute atomic E-state index is 0.0860. The molecular weight excluding hydrogens is 398 g/mol. The molecule has 0 heterocycles. The SMILES string of the molecule is O=C(Nc1ccc(C(F)(F)F)cc1N([O-])O)C(F)(F)C(F)(F)C(F)(F)F. The first-order valence-electron chi connectivity index (χ1n) is 5.94. The topological polar surface area (TPSA) is 75.6 Å². The fourth-order valence-electron chi connectivity index (χ4n) is 1.49. The van der Waals surface area contributed by atoms with E-state index in [-0.39, 0.29) is 18.2 Å². The number of alkyl halides is 10. The molecule has 0 spiro atoms. The monoisotopic (exact) mass is 403 g/mol. The molecule has 15 heteroatoms. The number of rotatable bonds is 4. The van der Waals surface area contributed by atoms with Crippen LogP contribution in [0.25, 0.3) is 0 Å². The lowest BCUT2D eigenvalue weighted by atomic mass is 10.1. The second kappa shape index (κ2) is 6.46. The summed E-state index contributed by atoms with van der Waals surface area (Å²) >= 11 is 0. The summed E-state index contributed by atoms with van der Waals surface area (Å²) in [6.07, 6.45) is -11.9. The number of nitrogens with one attached hydrogen (secondary N) is 1. The summed E-state index contributed by atoms with van der Waals surface area (Å²) in [5.74, 6) is -16.5. The number of carbonyl (C=O) groups excluding carboxylic acids is 1. The van der Waals surface area contributed by atoms with Crippen molar-refractivity contribution >= 4 is 17.3 Å². The fraction of sp³-hybridized carbons (Fsp3) is 0.364. The molecule has 1 amide bonds. The fourth-order valence-corrected chi connectivity index (χ4v) is 1.49. The van der Waals surface area contributed by atoms with Gasteiger partial charge < -0.3 is 15.8 Å². The molecule has 1 aromatic rings. The van der Waals surface area contributed by atoms with Crippen molar-refractivity contribution in [1.29, 1.82) is 0 Å². The highest BCUT2D eigenvalue weighted by molar-refractivity contribution is 5.99. The number of nitrogens with zero attached hydrogens (tertiary/aromatic N) is 1. The van der Waals surface area contributed by atoms with Gasteiger partial charge in [0, 0.05) is 0 Å². The zero-order chi connectivity index (χ0) is 20.7. The van der Waals surface area contributed by atoms with Crippen molar-refractivity contribution in [1.82, 2.24) is 0 Å². The van der Waals surface area contributed by atoms with Gasteiger partial charge in [-0.05, 0) is 18.2 Å². The van der Waals surface area contributed by atoms with Crippen LogP contribution in [-0.2, 0) is 11.0 Å². The summed E-state index contributed by atoms with van der Waals surface area (Å²) in [5.41, 5.74) is -4.54. The largest absolute Gasteiger partial charge is 0.733 e. The normalized spacial score (nSPS) is 13.5. The quantitative estimate of drug-likeness (QED) is 0.585. The van der Waals surface area contributed by atoms with Crippen molar-refractivity contribution in [2.75, 3.05) is 10.5 Å². The Hall–Kier alpha value is -2.29. The molecule has 0 unspecified atom stereocenters. The first-order chi connectivity index (χ1) is 11.4. The van der Waals surface area contributed by atoms with E-state index in [1.807, 2.05) is 0 Å². The molecule has 0 atom stereocenters. The van der Waals surface area contributed by atoms with Gasteiger partial charge in [-0.1, -0.05) is 0 Å². The number of benzene rings is 1. The van der Waals surface area contributed by atoms with Crippen molar-refractivity contribution in [3.05, 3.63) is 29.0 Å². The Labute approximate surface area is 136 Å². The van der Waals surface area contributed by atoms with Gasteiger partial charge in [0.2, 0.25) is 0 Å². The Morgan fingerprint density at radius 3 is 1.88 bits per heavy atom. The van der Waals surface area contributed by atoms with E-state index in [9.17, 15) is 53.9 Å². The minimum Gasteiger partial charge on any atom is -0.733 e. The summed E-state index contributed by atoms with van der Waals surface area (Å²) < 4.78 is 125. The van der Waals surface area contributed by atoms with Gasteiger partial charge in [-0.25, -0.2) is 0 Å². The maximum atomic E-state index is 13.2. The molecule has 0 aromatic heterocycles.